The molecule has 0 radical (unpaired) electrons. The molecule has 2 rings (SSSR count). The van der Waals surface area contributed by atoms with Crippen molar-refractivity contribution in [2.45, 2.75) is 18.4 Å². The minimum absolute atomic E-state index is 0.380. The molecule has 2 heteroatoms. The largest absolute Gasteiger partial charge is 0.355 e. The fraction of sp³-hybridized carbons (Fsp3) is 0.300. The minimum atomic E-state index is 0.380. The highest BCUT2D eigenvalue weighted by molar-refractivity contribution is 5.49. The Morgan fingerprint density at radius 3 is 2.75 bits per heavy atom. The van der Waals surface area contributed by atoms with Gasteiger partial charge in [0.05, 0.1) is 0 Å². The van der Waals surface area contributed by atoms with Crippen LogP contribution in [0.3, 0.4) is 0 Å². The Morgan fingerprint density at radius 2 is 2.08 bits per heavy atom. The Morgan fingerprint density at radius 1 is 1.33 bits per heavy atom. The number of benzene rings is 1. The van der Waals surface area contributed by atoms with Crippen molar-refractivity contribution in [3.05, 3.63) is 35.9 Å². The topological polar surface area (TPSA) is 29.1 Å². The van der Waals surface area contributed by atoms with Crippen molar-refractivity contribution in [1.82, 2.24) is 5.32 Å². The van der Waals surface area contributed by atoms with Gasteiger partial charge in [-0.3, -0.25) is 4.79 Å². The van der Waals surface area contributed by atoms with Gasteiger partial charge in [0.2, 0.25) is 6.41 Å². The highest BCUT2D eigenvalue weighted by atomic mass is 16.1. The van der Waals surface area contributed by atoms with E-state index in [-0.39, 0.29) is 0 Å². The quantitative estimate of drug-likeness (QED) is 0.665. The molecule has 1 aromatic rings. The van der Waals surface area contributed by atoms with E-state index in [9.17, 15) is 4.79 Å². The maximum Gasteiger partial charge on any atom is 0.207 e. The van der Waals surface area contributed by atoms with Gasteiger partial charge < -0.3 is 5.32 Å². The smallest absolute Gasteiger partial charge is 0.207 e. The zero-order valence-corrected chi connectivity index (χ0v) is 6.73. The summed E-state index contributed by atoms with van der Waals surface area (Å²) >= 11 is 0. The SMILES string of the molecule is O=CN[C@@H]1C[C@@H]1c1ccccc1. The standard InChI is InChI=1S/C10H11NO/c12-7-11-10-6-9(10)8-4-2-1-3-5-8/h1-5,7,9-10H,6H2,(H,11,12)/t9-,10-/m1/s1. The first kappa shape index (κ1) is 7.35. The Kier molecular flexibility index (Phi) is 1.82. The van der Waals surface area contributed by atoms with Crippen LogP contribution in [-0.2, 0) is 4.79 Å². The van der Waals surface area contributed by atoms with Crippen molar-refractivity contribution in [2.75, 3.05) is 0 Å². The average molecular weight is 161 g/mol. The first-order chi connectivity index (χ1) is 5.92. The lowest BCUT2D eigenvalue weighted by molar-refractivity contribution is -0.109. The molecule has 2 nitrogen and oxygen atoms in total. The number of amides is 1. The van der Waals surface area contributed by atoms with Gasteiger partial charge in [-0.2, -0.15) is 0 Å². The van der Waals surface area contributed by atoms with Gasteiger partial charge in [-0.25, -0.2) is 0 Å². The van der Waals surface area contributed by atoms with E-state index in [0.717, 1.165) is 12.8 Å². The molecule has 0 bridgehead atoms. The van der Waals surface area contributed by atoms with Crippen LogP contribution < -0.4 is 5.32 Å². The Labute approximate surface area is 71.6 Å². The molecule has 0 heterocycles. The van der Waals surface area contributed by atoms with E-state index in [1.165, 1.54) is 5.56 Å². The molecular weight excluding hydrogens is 150 g/mol. The zero-order chi connectivity index (χ0) is 8.39. The summed E-state index contributed by atoms with van der Waals surface area (Å²) in [6, 6.07) is 10.7. The fourth-order valence-electron chi connectivity index (χ4n) is 1.54. The summed E-state index contributed by atoms with van der Waals surface area (Å²) < 4.78 is 0. The lowest BCUT2D eigenvalue weighted by Crippen LogP contribution is -2.14. The number of carbonyl (C=O) groups excluding carboxylic acids is 1. The van der Waals surface area contributed by atoms with E-state index in [4.69, 9.17) is 0 Å². The lowest BCUT2D eigenvalue weighted by atomic mass is 10.1. The summed E-state index contributed by atoms with van der Waals surface area (Å²) in [6.45, 7) is 0. The molecule has 0 aliphatic heterocycles. The van der Waals surface area contributed by atoms with Crippen LogP contribution in [0, 0.1) is 0 Å². The normalized spacial score (nSPS) is 26.3. The molecule has 0 saturated heterocycles. The molecule has 0 unspecified atom stereocenters. The molecule has 0 aromatic heterocycles. The summed E-state index contributed by atoms with van der Waals surface area (Å²) in [4.78, 5) is 10.1. The molecule has 12 heavy (non-hydrogen) atoms. The second kappa shape index (κ2) is 2.97. The molecule has 2 atom stereocenters. The maximum absolute atomic E-state index is 10.1. The van der Waals surface area contributed by atoms with Crippen LogP contribution in [0.2, 0.25) is 0 Å². The van der Waals surface area contributed by atoms with Crippen LogP contribution in [0.5, 0.6) is 0 Å². The van der Waals surface area contributed by atoms with Crippen LogP contribution in [0.4, 0.5) is 0 Å². The molecule has 0 spiro atoms. The first-order valence-electron chi connectivity index (χ1n) is 4.16. The molecule has 1 N–H and O–H groups in total. The third-order valence-electron chi connectivity index (χ3n) is 2.30. The molecule has 1 aliphatic carbocycles. The van der Waals surface area contributed by atoms with Crippen molar-refractivity contribution < 1.29 is 4.79 Å². The van der Waals surface area contributed by atoms with E-state index >= 15 is 0 Å². The van der Waals surface area contributed by atoms with Gasteiger partial charge in [0.15, 0.2) is 0 Å². The van der Waals surface area contributed by atoms with Gasteiger partial charge in [0, 0.05) is 12.0 Å². The molecular formula is C10H11NO. The van der Waals surface area contributed by atoms with Gasteiger partial charge in [-0.15, -0.1) is 0 Å². The van der Waals surface area contributed by atoms with E-state index in [1.54, 1.807) is 0 Å². The number of rotatable bonds is 3. The molecule has 62 valence electrons. The van der Waals surface area contributed by atoms with Crippen molar-refractivity contribution in [2.24, 2.45) is 0 Å². The molecule has 1 saturated carbocycles. The van der Waals surface area contributed by atoms with Crippen molar-refractivity contribution in [1.29, 1.82) is 0 Å². The number of nitrogens with one attached hydrogen (secondary N) is 1. The van der Waals surface area contributed by atoms with Gasteiger partial charge in [0.25, 0.3) is 0 Å². The van der Waals surface area contributed by atoms with Crippen LogP contribution in [-0.4, -0.2) is 12.5 Å². The van der Waals surface area contributed by atoms with E-state index < -0.39 is 0 Å². The van der Waals surface area contributed by atoms with E-state index in [0.29, 0.717) is 12.0 Å². The van der Waals surface area contributed by atoms with Gasteiger partial charge in [0.1, 0.15) is 0 Å². The second-order valence-corrected chi connectivity index (χ2v) is 3.14. The minimum Gasteiger partial charge on any atom is -0.355 e. The summed E-state index contributed by atoms with van der Waals surface area (Å²) in [5, 5.41) is 2.79. The predicted molar refractivity (Wildman–Crippen MR) is 46.8 cm³/mol. The summed E-state index contributed by atoms with van der Waals surface area (Å²) in [5.41, 5.74) is 1.33. The van der Waals surface area contributed by atoms with E-state index in [1.807, 2.05) is 18.2 Å². The number of carbonyl (C=O) groups is 1. The van der Waals surface area contributed by atoms with Crippen molar-refractivity contribution >= 4 is 6.41 Å². The van der Waals surface area contributed by atoms with Crippen LogP contribution in [0.15, 0.2) is 30.3 Å². The fourth-order valence-corrected chi connectivity index (χ4v) is 1.54. The molecule has 1 fully saturated rings. The first-order valence-corrected chi connectivity index (χ1v) is 4.16. The summed E-state index contributed by atoms with van der Waals surface area (Å²) in [5.74, 6) is 0.552. The lowest BCUT2D eigenvalue weighted by Gasteiger charge is -1.97. The van der Waals surface area contributed by atoms with Crippen LogP contribution >= 0.6 is 0 Å². The third-order valence-corrected chi connectivity index (χ3v) is 2.30. The van der Waals surface area contributed by atoms with E-state index in [2.05, 4.69) is 17.4 Å². The van der Waals surface area contributed by atoms with Crippen molar-refractivity contribution in [3.8, 4) is 0 Å². The van der Waals surface area contributed by atoms with Crippen molar-refractivity contribution in [3.63, 3.8) is 0 Å². The monoisotopic (exact) mass is 161 g/mol. The molecule has 1 aliphatic rings. The number of hydrogen-bond donors (Lipinski definition) is 1. The molecule has 1 amide bonds. The average Bonchev–Trinajstić information content (AvgIpc) is 2.87. The van der Waals surface area contributed by atoms with Crippen LogP contribution in [0.25, 0.3) is 0 Å². The maximum atomic E-state index is 10.1. The summed E-state index contributed by atoms with van der Waals surface area (Å²) in [6.07, 6.45) is 1.87. The highest BCUT2D eigenvalue weighted by Gasteiger charge is 2.37. The second-order valence-electron chi connectivity index (χ2n) is 3.14. The summed E-state index contributed by atoms with van der Waals surface area (Å²) in [7, 11) is 0. The Hall–Kier alpha value is -1.31. The Balaban J connectivity index is 2.01. The highest BCUT2D eigenvalue weighted by Crippen LogP contribution is 2.40. The van der Waals surface area contributed by atoms with Gasteiger partial charge >= 0.3 is 0 Å². The predicted octanol–water partition coefficient (Wildman–Crippen LogP) is 1.29. The third kappa shape index (κ3) is 1.33. The number of hydrogen-bond acceptors (Lipinski definition) is 1. The Bertz CT molecular complexity index is 270. The van der Waals surface area contributed by atoms with Gasteiger partial charge in [-0.05, 0) is 12.0 Å². The van der Waals surface area contributed by atoms with Crippen LogP contribution in [0.1, 0.15) is 17.9 Å². The van der Waals surface area contributed by atoms with Gasteiger partial charge in [-0.1, -0.05) is 30.3 Å². The molecule has 1 aromatic carbocycles. The zero-order valence-electron chi connectivity index (χ0n) is 6.73.